The molecule has 3 aromatic rings. The lowest BCUT2D eigenvalue weighted by molar-refractivity contribution is -0.141. The highest BCUT2D eigenvalue weighted by Gasteiger charge is 2.62. The van der Waals surface area contributed by atoms with Crippen molar-refractivity contribution < 1.29 is 36.0 Å². The third-order valence-corrected chi connectivity index (χ3v) is 14.7. The van der Waals surface area contributed by atoms with Gasteiger partial charge in [-0.15, -0.1) is 6.58 Å². The highest BCUT2D eigenvalue weighted by atomic mass is 32.2. The molecule has 2 aliphatic carbocycles. The summed E-state index contributed by atoms with van der Waals surface area (Å²) in [7, 11) is -7.76. The van der Waals surface area contributed by atoms with Crippen molar-refractivity contribution in [1.29, 1.82) is 0 Å². The molecule has 3 heterocycles. The van der Waals surface area contributed by atoms with Gasteiger partial charge in [-0.2, -0.15) is 0 Å². The molecular formula is C41H51N5O8S2. The molecular weight excluding hydrogens is 755 g/mol. The number of sulfonamides is 2. The van der Waals surface area contributed by atoms with Crippen LogP contribution in [0.25, 0.3) is 22.2 Å². The predicted molar refractivity (Wildman–Crippen MR) is 213 cm³/mol. The summed E-state index contributed by atoms with van der Waals surface area (Å²) >= 11 is 0. The number of nitrogens with one attached hydrogen (secondary N) is 3. The van der Waals surface area contributed by atoms with Crippen LogP contribution in [-0.4, -0.2) is 85.7 Å². The van der Waals surface area contributed by atoms with Gasteiger partial charge in [0.2, 0.25) is 31.9 Å². The van der Waals surface area contributed by atoms with E-state index in [4.69, 9.17) is 9.72 Å². The molecule has 7 rings (SSSR count). The molecule has 5 atom stereocenters. The average molecular weight is 806 g/mol. The SMILES string of the molecule is C=C[C@H]1C[C@]1(NC(=O)[C@@H]1C[C@@H]2CN1C(=O)[C@H](CCCC)NS(=O)(=O)CCCCCCc1ccc3nc(-c4ccccc4)cc(c3c1)O2)C(=O)NS(=O)(=O)C1CC1. The molecule has 13 nitrogen and oxygen atoms in total. The number of rotatable bonds is 10. The summed E-state index contributed by atoms with van der Waals surface area (Å²) in [6.45, 7) is 5.70. The summed E-state index contributed by atoms with van der Waals surface area (Å²) in [5, 5.41) is 2.96. The van der Waals surface area contributed by atoms with Crippen LogP contribution < -0.4 is 19.5 Å². The number of hydrogen-bond acceptors (Lipinski definition) is 9. The van der Waals surface area contributed by atoms with Gasteiger partial charge in [0, 0.05) is 29.4 Å². The fraction of sp³-hybridized carbons (Fsp3) is 0.512. The van der Waals surface area contributed by atoms with Crippen LogP contribution in [0.2, 0.25) is 0 Å². The highest BCUT2D eigenvalue weighted by molar-refractivity contribution is 7.91. The lowest BCUT2D eigenvalue weighted by Crippen LogP contribution is -2.58. The molecule has 56 heavy (non-hydrogen) atoms. The Morgan fingerprint density at radius 2 is 1.86 bits per heavy atom. The number of ether oxygens (including phenoxy) is 1. The molecule has 4 aliphatic rings. The van der Waals surface area contributed by atoms with Gasteiger partial charge in [-0.1, -0.05) is 75.1 Å². The molecule has 1 aromatic heterocycles. The predicted octanol–water partition coefficient (Wildman–Crippen LogP) is 4.51. The van der Waals surface area contributed by atoms with Crippen molar-refractivity contribution in [2.24, 2.45) is 5.92 Å². The van der Waals surface area contributed by atoms with E-state index in [0.29, 0.717) is 50.0 Å². The Morgan fingerprint density at radius 3 is 2.57 bits per heavy atom. The number of aryl methyl sites for hydroxylation is 1. The Hall–Kier alpha value is -4.34. The first kappa shape index (κ1) is 39.9. The monoisotopic (exact) mass is 805 g/mol. The Kier molecular flexibility index (Phi) is 11.6. The van der Waals surface area contributed by atoms with E-state index in [0.717, 1.165) is 41.3 Å². The van der Waals surface area contributed by atoms with E-state index in [1.165, 1.54) is 11.0 Å². The number of pyridine rings is 1. The first-order valence-corrected chi connectivity index (χ1v) is 23.0. The van der Waals surface area contributed by atoms with Crippen LogP contribution in [-0.2, 0) is 40.9 Å². The van der Waals surface area contributed by atoms with Gasteiger partial charge in [-0.3, -0.25) is 19.1 Å². The molecule has 2 saturated carbocycles. The quantitative estimate of drug-likeness (QED) is 0.249. The van der Waals surface area contributed by atoms with Gasteiger partial charge in [0.15, 0.2) is 0 Å². The van der Waals surface area contributed by atoms with Crippen LogP contribution in [0.4, 0.5) is 0 Å². The molecule has 2 aliphatic heterocycles. The Morgan fingerprint density at radius 1 is 1.09 bits per heavy atom. The molecule has 1 saturated heterocycles. The normalized spacial score (nSPS) is 26.8. The fourth-order valence-corrected chi connectivity index (χ4v) is 10.6. The molecule has 3 N–H and O–H groups in total. The summed E-state index contributed by atoms with van der Waals surface area (Å²) in [4.78, 5) is 48.9. The van der Waals surface area contributed by atoms with E-state index in [9.17, 15) is 31.2 Å². The van der Waals surface area contributed by atoms with Gasteiger partial charge in [0.1, 0.15) is 29.5 Å². The van der Waals surface area contributed by atoms with Crippen molar-refractivity contribution >= 4 is 48.7 Å². The number of unbranched alkanes of at least 4 members (excludes halogenated alkanes) is 1. The largest absolute Gasteiger partial charge is 0.488 e. The second-order valence-corrected chi connectivity index (χ2v) is 19.5. The van der Waals surface area contributed by atoms with Crippen LogP contribution in [0.1, 0.15) is 83.1 Å². The minimum Gasteiger partial charge on any atom is -0.488 e. The second-order valence-electron chi connectivity index (χ2n) is 15.7. The van der Waals surface area contributed by atoms with Gasteiger partial charge in [0.05, 0.1) is 28.8 Å². The maximum Gasteiger partial charge on any atom is 0.259 e. The lowest BCUT2D eigenvalue weighted by Gasteiger charge is -2.29. The molecule has 0 unspecified atom stereocenters. The molecule has 2 aromatic carbocycles. The van der Waals surface area contributed by atoms with Crippen LogP contribution in [0.15, 0.2) is 67.3 Å². The van der Waals surface area contributed by atoms with Gasteiger partial charge >= 0.3 is 0 Å². The molecule has 3 amide bonds. The average Bonchev–Trinajstić information content (AvgIpc) is 4.11. The Bertz CT molecular complexity index is 2210. The first-order chi connectivity index (χ1) is 26.8. The zero-order valence-corrected chi connectivity index (χ0v) is 33.4. The van der Waals surface area contributed by atoms with E-state index in [1.807, 2.05) is 55.5 Å². The van der Waals surface area contributed by atoms with E-state index >= 15 is 0 Å². The minimum atomic E-state index is -3.91. The Labute approximate surface area is 329 Å². The zero-order valence-electron chi connectivity index (χ0n) is 31.7. The van der Waals surface area contributed by atoms with Crippen molar-refractivity contribution in [3.05, 3.63) is 72.8 Å². The molecule has 15 heteroatoms. The summed E-state index contributed by atoms with van der Waals surface area (Å²) < 4.78 is 63.9. The van der Waals surface area contributed by atoms with Crippen LogP contribution in [0.3, 0.4) is 0 Å². The number of hydrogen-bond donors (Lipinski definition) is 3. The number of carbonyl (C=O) groups is 3. The maximum atomic E-state index is 14.6. The number of carbonyl (C=O) groups excluding carboxylic acids is 3. The lowest BCUT2D eigenvalue weighted by atomic mass is 10.0. The minimum absolute atomic E-state index is 0.0336. The van der Waals surface area contributed by atoms with E-state index in [1.54, 1.807) is 0 Å². The second kappa shape index (κ2) is 16.3. The van der Waals surface area contributed by atoms with Gasteiger partial charge in [0.25, 0.3) is 5.91 Å². The molecule has 4 bridgehead atoms. The van der Waals surface area contributed by atoms with E-state index < -0.39 is 72.7 Å². The van der Waals surface area contributed by atoms with Gasteiger partial charge < -0.3 is 15.0 Å². The van der Waals surface area contributed by atoms with Crippen LogP contribution >= 0.6 is 0 Å². The van der Waals surface area contributed by atoms with Crippen molar-refractivity contribution in [1.82, 2.24) is 24.6 Å². The maximum absolute atomic E-state index is 14.6. The standard InChI is InChI=1S/C41H51N5O8S2/c1-3-5-16-34-39(48)46-26-30(23-36(46)38(47)43-41(25-29(41)4-2)40(49)45-56(52,53)31-18-19-31)54-37-24-35(28-14-10-8-11-15-28)42-33-20-17-27(22-32(33)37)13-9-6-7-12-21-55(50,51)44-34/h4,8,10-11,14-15,17,20,22,24,29-31,34,36,44H,2-3,5-7,9,12-13,16,18-19,21,23,25-26H2,1H3,(H,43,47)(H,45,49)/t29-,30+,34-,36-,41+/m0/s1. The first-order valence-electron chi connectivity index (χ1n) is 19.8. The third-order valence-electron chi connectivity index (χ3n) is 11.4. The van der Waals surface area contributed by atoms with Gasteiger partial charge in [-0.25, -0.2) is 26.5 Å². The molecule has 300 valence electrons. The van der Waals surface area contributed by atoms with Crippen molar-refractivity contribution in [2.45, 2.75) is 113 Å². The van der Waals surface area contributed by atoms with Crippen molar-refractivity contribution in [3.8, 4) is 17.0 Å². The molecule has 3 fully saturated rings. The number of fused-ring (bicyclic) bond motifs is 3. The molecule has 0 spiro atoms. The van der Waals surface area contributed by atoms with E-state index in [2.05, 4.69) is 27.4 Å². The third kappa shape index (κ3) is 8.79. The number of nitrogens with zero attached hydrogens (tertiary/aromatic N) is 2. The summed E-state index contributed by atoms with van der Waals surface area (Å²) in [6, 6.07) is 15.4. The fourth-order valence-electron chi connectivity index (χ4n) is 7.92. The Balaban J connectivity index is 1.25. The van der Waals surface area contributed by atoms with Crippen molar-refractivity contribution in [3.63, 3.8) is 0 Å². The molecule has 0 radical (unpaired) electrons. The summed E-state index contributed by atoms with van der Waals surface area (Å²) in [5.74, 6) is -2.19. The zero-order chi connectivity index (χ0) is 39.7. The number of amides is 3. The topological polar surface area (TPSA) is 181 Å². The number of aromatic nitrogens is 1. The van der Waals surface area contributed by atoms with Gasteiger partial charge in [-0.05, 0) is 62.6 Å². The van der Waals surface area contributed by atoms with E-state index in [-0.39, 0.29) is 31.6 Å². The summed E-state index contributed by atoms with van der Waals surface area (Å²) in [6.07, 6.45) is 7.04. The summed E-state index contributed by atoms with van der Waals surface area (Å²) in [5.41, 5.74) is 1.83. The smallest absolute Gasteiger partial charge is 0.259 e. The highest BCUT2D eigenvalue weighted by Crippen LogP contribution is 2.45. The number of benzene rings is 2. The van der Waals surface area contributed by atoms with Crippen LogP contribution in [0, 0.1) is 5.92 Å². The van der Waals surface area contributed by atoms with Crippen LogP contribution in [0.5, 0.6) is 5.75 Å². The van der Waals surface area contributed by atoms with Crippen molar-refractivity contribution in [2.75, 3.05) is 12.3 Å².